The first-order valence-electron chi connectivity index (χ1n) is 7.41. The molecule has 1 aliphatic rings. The van der Waals surface area contributed by atoms with E-state index in [1.807, 2.05) is 0 Å². The molecular weight excluding hydrogens is 300 g/mol. The number of nitrogens with one attached hydrogen (secondary N) is 1. The molecule has 2 amide bonds. The van der Waals surface area contributed by atoms with Gasteiger partial charge < -0.3 is 20.2 Å². The van der Waals surface area contributed by atoms with E-state index in [1.54, 1.807) is 29.7 Å². The number of piperazine rings is 1. The lowest BCUT2D eigenvalue weighted by atomic mass is 10.0. The van der Waals surface area contributed by atoms with E-state index in [-0.39, 0.29) is 17.4 Å². The third-order valence-corrected chi connectivity index (χ3v) is 3.66. The molecular formula is C15H22N4O4. The van der Waals surface area contributed by atoms with E-state index < -0.39 is 17.9 Å². The highest BCUT2D eigenvalue weighted by Crippen LogP contribution is 2.07. The smallest absolute Gasteiger partial charge is 0.326 e. The van der Waals surface area contributed by atoms with Gasteiger partial charge in [-0.2, -0.15) is 5.26 Å². The van der Waals surface area contributed by atoms with Gasteiger partial charge in [0.25, 0.3) is 5.91 Å². The van der Waals surface area contributed by atoms with Gasteiger partial charge in [-0.15, -0.1) is 0 Å². The molecule has 1 unspecified atom stereocenters. The van der Waals surface area contributed by atoms with Gasteiger partial charge in [-0.3, -0.25) is 9.59 Å². The standard InChI is InChI=1S/C15H22N4O4/c1-10(2)13(15(22)23)17-14(21)12(8-16)9-18-4-6-19(7-5-18)11(3)20/h9-10,13H,4-7H2,1-3H3,(H,17,21)(H,22,23)/b12-9-. The monoisotopic (exact) mass is 322 g/mol. The lowest BCUT2D eigenvalue weighted by Crippen LogP contribution is -2.47. The van der Waals surface area contributed by atoms with Crippen LogP contribution in [0.5, 0.6) is 0 Å². The SMILES string of the molecule is CC(=O)N1CCN(/C=C(/C#N)C(=O)NC(C(=O)O)C(C)C)CC1. The van der Waals surface area contributed by atoms with Crippen LogP contribution in [-0.2, 0) is 14.4 Å². The Labute approximate surface area is 135 Å². The molecule has 0 aromatic rings. The Kier molecular flexibility index (Phi) is 6.57. The molecule has 0 bridgehead atoms. The number of rotatable bonds is 5. The molecule has 1 atom stereocenters. The zero-order valence-electron chi connectivity index (χ0n) is 13.6. The fourth-order valence-electron chi connectivity index (χ4n) is 2.22. The van der Waals surface area contributed by atoms with E-state index in [0.29, 0.717) is 26.2 Å². The van der Waals surface area contributed by atoms with Crippen molar-refractivity contribution in [3.63, 3.8) is 0 Å². The van der Waals surface area contributed by atoms with Crippen LogP contribution in [0.25, 0.3) is 0 Å². The normalized spacial score (nSPS) is 16.7. The number of carboxylic acids is 1. The van der Waals surface area contributed by atoms with Crippen molar-refractivity contribution in [1.29, 1.82) is 5.26 Å². The molecule has 1 heterocycles. The molecule has 0 radical (unpaired) electrons. The average molecular weight is 322 g/mol. The molecule has 0 spiro atoms. The molecule has 2 N–H and O–H groups in total. The van der Waals surface area contributed by atoms with Crippen molar-refractivity contribution in [2.45, 2.75) is 26.8 Å². The van der Waals surface area contributed by atoms with E-state index in [4.69, 9.17) is 10.4 Å². The number of carbonyl (C=O) groups excluding carboxylic acids is 2. The first kappa shape index (κ1) is 18.5. The fourth-order valence-corrected chi connectivity index (χ4v) is 2.22. The number of hydrogen-bond acceptors (Lipinski definition) is 5. The third kappa shape index (κ3) is 5.29. The summed E-state index contributed by atoms with van der Waals surface area (Å²) in [4.78, 5) is 37.9. The van der Waals surface area contributed by atoms with Crippen LogP contribution in [-0.4, -0.2) is 64.9 Å². The van der Waals surface area contributed by atoms with E-state index in [0.717, 1.165) is 0 Å². The van der Waals surface area contributed by atoms with Gasteiger partial charge in [0.05, 0.1) is 0 Å². The number of hydrogen-bond donors (Lipinski definition) is 2. The molecule has 8 nitrogen and oxygen atoms in total. The van der Waals surface area contributed by atoms with E-state index in [1.165, 1.54) is 13.1 Å². The summed E-state index contributed by atoms with van der Waals surface area (Å²) >= 11 is 0. The fraction of sp³-hybridized carbons (Fsp3) is 0.600. The average Bonchev–Trinajstić information content (AvgIpc) is 2.49. The first-order valence-corrected chi connectivity index (χ1v) is 7.41. The molecule has 8 heteroatoms. The van der Waals surface area contributed by atoms with E-state index in [2.05, 4.69) is 5.32 Å². The molecule has 0 aromatic heterocycles. The topological polar surface area (TPSA) is 114 Å². The minimum atomic E-state index is -1.14. The highest BCUT2D eigenvalue weighted by atomic mass is 16.4. The summed E-state index contributed by atoms with van der Waals surface area (Å²) < 4.78 is 0. The maximum absolute atomic E-state index is 12.1. The quantitative estimate of drug-likeness (QED) is 0.534. The zero-order chi connectivity index (χ0) is 17.6. The predicted molar refractivity (Wildman–Crippen MR) is 81.9 cm³/mol. The van der Waals surface area contributed by atoms with Gasteiger partial charge >= 0.3 is 5.97 Å². The minimum absolute atomic E-state index is 0.00638. The van der Waals surface area contributed by atoms with Gasteiger partial charge in [-0.05, 0) is 5.92 Å². The van der Waals surface area contributed by atoms with Crippen molar-refractivity contribution in [3.8, 4) is 6.07 Å². The molecule has 1 fully saturated rings. The molecule has 126 valence electrons. The Bertz CT molecular complexity index is 542. The van der Waals surface area contributed by atoms with Gasteiger partial charge in [-0.1, -0.05) is 13.8 Å². The molecule has 1 saturated heterocycles. The lowest BCUT2D eigenvalue weighted by Gasteiger charge is -2.33. The van der Waals surface area contributed by atoms with Crippen LogP contribution in [0.1, 0.15) is 20.8 Å². The van der Waals surface area contributed by atoms with Crippen LogP contribution < -0.4 is 5.32 Å². The maximum Gasteiger partial charge on any atom is 0.326 e. The summed E-state index contributed by atoms with van der Waals surface area (Å²) in [6.07, 6.45) is 1.42. The Balaban J connectivity index is 2.72. The van der Waals surface area contributed by atoms with E-state index in [9.17, 15) is 14.4 Å². The summed E-state index contributed by atoms with van der Waals surface area (Å²) in [5.41, 5.74) is -0.145. The summed E-state index contributed by atoms with van der Waals surface area (Å²) in [6, 6.07) is 0.753. The number of amides is 2. The highest BCUT2D eigenvalue weighted by Gasteiger charge is 2.25. The van der Waals surface area contributed by atoms with Crippen LogP contribution in [0, 0.1) is 17.2 Å². The second kappa shape index (κ2) is 8.17. The van der Waals surface area contributed by atoms with Gasteiger partial charge in [0.1, 0.15) is 17.7 Å². The highest BCUT2D eigenvalue weighted by molar-refractivity contribution is 5.99. The van der Waals surface area contributed by atoms with Crippen LogP contribution in [0.15, 0.2) is 11.8 Å². The van der Waals surface area contributed by atoms with Crippen molar-refractivity contribution < 1.29 is 19.5 Å². The third-order valence-electron chi connectivity index (χ3n) is 3.66. The second-order valence-electron chi connectivity index (χ2n) is 5.73. The molecule has 0 aliphatic carbocycles. The van der Waals surface area contributed by atoms with Crippen LogP contribution in [0.3, 0.4) is 0 Å². The first-order chi connectivity index (χ1) is 10.8. The van der Waals surface area contributed by atoms with Crippen molar-refractivity contribution in [2.75, 3.05) is 26.2 Å². The van der Waals surface area contributed by atoms with Crippen LogP contribution in [0.4, 0.5) is 0 Å². The summed E-state index contributed by atoms with van der Waals surface area (Å²) in [5, 5.41) is 20.6. The number of nitrogens with zero attached hydrogens (tertiary/aromatic N) is 3. The van der Waals surface area contributed by atoms with Crippen LogP contribution >= 0.6 is 0 Å². The Morgan fingerprint density at radius 3 is 2.17 bits per heavy atom. The van der Waals surface area contributed by atoms with Gasteiger partial charge in [-0.25, -0.2) is 4.79 Å². The maximum atomic E-state index is 12.1. The van der Waals surface area contributed by atoms with Crippen LogP contribution in [0.2, 0.25) is 0 Å². The van der Waals surface area contributed by atoms with E-state index >= 15 is 0 Å². The second-order valence-corrected chi connectivity index (χ2v) is 5.73. The van der Waals surface area contributed by atoms with Crippen molar-refractivity contribution in [2.24, 2.45) is 5.92 Å². The lowest BCUT2D eigenvalue weighted by molar-refractivity contribution is -0.142. The predicted octanol–water partition coefficient (Wildman–Crippen LogP) is -0.217. The number of carboxylic acid groups (broad SMARTS) is 1. The Morgan fingerprint density at radius 1 is 1.22 bits per heavy atom. The van der Waals surface area contributed by atoms with Crippen molar-refractivity contribution in [3.05, 3.63) is 11.8 Å². The largest absolute Gasteiger partial charge is 0.480 e. The summed E-state index contributed by atoms with van der Waals surface area (Å²) in [6.45, 7) is 6.93. The number of nitriles is 1. The minimum Gasteiger partial charge on any atom is -0.480 e. The molecule has 23 heavy (non-hydrogen) atoms. The molecule has 1 aliphatic heterocycles. The van der Waals surface area contributed by atoms with Gasteiger partial charge in [0.15, 0.2) is 0 Å². The summed E-state index contributed by atoms with van der Waals surface area (Å²) in [7, 11) is 0. The van der Waals surface area contributed by atoms with Gasteiger partial charge in [0.2, 0.25) is 5.91 Å². The van der Waals surface area contributed by atoms with Crippen molar-refractivity contribution >= 4 is 17.8 Å². The molecule has 1 rings (SSSR count). The Hall–Kier alpha value is -2.56. The Morgan fingerprint density at radius 2 is 1.78 bits per heavy atom. The molecule has 0 aromatic carbocycles. The van der Waals surface area contributed by atoms with Crippen molar-refractivity contribution in [1.82, 2.24) is 15.1 Å². The molecule has 0 saturated carbocycles. The van der Waals surface area contributed by atoms with Gasteiger partial charge in [0, 0.05) is 39.3 Å². The summed E-state index contributed by atoms with van der Waals surface area (Å²) in [5.74, 6) is -2.15. The number of aliphatic carboxylic acids is 1. The zero-order valence-corrected chi connectivity index (χ0v) is 13.6. The number of carbonyl (C=O) groups is 3.